The Morgan fingerprint density at radius 2 is 1.74 bits per heavy atom. The Bertz CT molecular complexity index is 1000. The Balaban J connectivity index is 1.89. The van der Waals surface area contributed by atoms with Gasteiger partial charge in [-0.1, -0.05) is 72.6 Å². The van der Waals surface area contributed by atoms with E-state index in [-0.39, 0.29) is 6.10 Å². The van der Waals surface area contributed by atoms with E-state index in [9.17, 15) is 0 Å². The van der Waals surface area contributed by atoms with Crippen LogP contribution in [0.25, 0.3) is 11.3 Å². The summed E-state index contributed by atoms with van der Waals surface area (Å²) in [6.07, 6.45) is 2.87. The Morgan fingerprint density at radius 1 is 1.03 bits per heavy atom. The van der Waals surface area contributed by atoms with Gasteiger partial charge in [-0.15, -0.1) is 10.6 Å². The van der Waals surface area contributed by atoms with Gasteiger partial charge in [0.2, 0.25) is 0 Å². The van der Waals surface area contributed by atoms with Crippen LogP contribution in [0.3, 0.4) is 0 Å². The van der Waals surface area contributed by atoms with E-state index in [1.54, 1.807) is 0 Å². The lowest BCUT2D eigenvalue weighted by molar-refractivity contribution is -0.0920. The number of hydrogen-bond acceptors (Lipinski definition) is 4. The number of benzene rings is 1. The van der Waals surface area contributed by atoms with Crippen molar-refractivity contribution < 1.29 is 9.47 Å². The standard InChI is InChI=1S/C29H45N3O2Si/c1-9-24-19-26(12-11-25(24)14-18-35(21(3)4,22(5)6)23(7)8)29-28(10-2)32(31-30-29)15-13-27-20-33-16-17-34-27/h11-12,19,21-23,27H,9-10,13,15-17,20H2,1-8H3. The van der Waals surface area contributed by atoms with E-state index in [1.165, 1.54) is 11.3 Å². The average molecular weight is 496 g/mol. The lowest BCUT2D eigenvalue weighted by atomic mass is 9.99. The molecule has 1 aromatic heterocycles. The van der Waals surface area contributed by atoms with Gasteiger partial charge in [-0.05, 0) is 53.6 Å². The van der Waals surface area contributed by atoms with Crippen LogP contribution in [0.15, 0.2) is 18.2 Å². The Morgan fingerprint density at radius 3 is 2.31 bits per heavy atom. The highest BCUT2D eigenvalue weighted by Crippen LogP contribution is 2.41. The van der Waals surface area contributed by atoms with Gasteiger partial charge in [0.25, 0.3) is 0 Å². The van der Waals surface area contributed by atoms with Crippen LogP contribution in [0.4, 0.5) is 0 Å². The Labute approximate surface area is 214 Å². The molecule has 35 heavy (non-hydrogen) atoms. The minimum atomic E-state index is -1.76. The first-order chi connectivity index (χ1) is 16.7. The van der Waals surface area contributed by atoms with Crippen molar-refractivity contribution in [2.24, 2.45) is 0 Å². The summed E-state index contributed by atoms with van der Waals surface area (Å²) in [4.78, 5) is 0. The van der Waals surface area contributed by atoms with Crippen molar-refractivity contribution in [1.82, 2.24) is 15.0 Å². The molecule has 5 nitrogen and oxygen atoms in total. The van der Waals surface area contributed by atoms with Crippen molar-refractivity contribution >= 4 is 8.07 Å². The molecule has 1 saturated heterocycles. The second-order valence-corrected chi connectivity index (χ2v) is 16.3. The van der Waals surface area contributed by atoms with Crippen molar-refractivity contribution in [1.29, 1.82) is 0 Å². The van der Waals surface area contributed by atoms with E-state index < -0.39 is 8.07 Å². The fourth-order valence-electron chi connectivity index (χ4n) is 5.82. The van der Waals surface area contributed by atoms with E-state index in [4.69, 9.17) is 9.47 Å². The quantitative estimate of drug-likeness (QED) is 0.296. The Kier molecular flexibility index (Phi) is 9.75. The summed E-state index contributed by atoms with van der Waals surface area (Å²) in [6, 6.07) is 6.66. The molecule has 1 fully saturated rings. The van der Waals surface area contributed by atoms with Crippen molar-refractivity contribution in [3.05, 3.63) is 35.0 Å². The van der Waals surface area contributed by atoms with Gasteiger partial charge < -0.3 is 9.47 Å². The van der Waals surface area contributed by atoms with Crippen LogP contribution < -0.4 is 0 Å². The van der Waals surface area contributed by atoms with Gasteiger partial charge in [0, 0.05) is 17.7 Å². The van der Waals surface area contributed by atoms with Gasteiger partial charge in [-0.2, -0.15) is 0 Å². The molecule has 1 aliphatic heterocycles. The zero-order chi connectivity index (χ0) is 25.6. The molecule has 0 saturated carbocycles. The van der Waals surface area contributed by atoms with E-state index in [2.05, 4.69) is 95.4 Å². The number of aryl methyl sites for hydroxylation is 2. The molecule has 0 N–H and O–H groups in total. The molecule has 2 aromatic rings. The summed E-state index contributed by atoms with van der Waals surface area (Å²) < 4.78 is 13.4. The minimum Gasteiger partial charge on any atom is -0.376 e. The van der Waals surface area contributed by atoms with E-state index in [0.717, 1.165) is 42.6 Å². The summed E-state index contributed by atoms with van der Waals surface area (Å²) in [5, 5.41) is 9.09. The fourth-order valence-corrected chi connectivity index (χ4v) is 11.0. The molecular formula is C29H45N3O2Si. The van der Waals surface area contributed by atoms with Crippen molar-refractivity contribution in [3.8, 4) is 22.7 Å². The van der Waals surface area contributed by atoms with Crippen LogP contribution in [0, 0.1) is 11.5 Å². The van der Waals surface area contributed by atoms with Gasteiger partial charge in [0.15, 0.2) is 0 Å². The molecule has 0 amide bonds. The van der Waals surface area contributed by atoms with Crippen molar-refractivity contribution in [3.63, 3.8) is 0 Å². The predicted octanol–water partition coefficient (Wildman–Crippen LogP) is 6.44. The molecule has 1 atom stereocenters. The summed E-state index contributed by atoms with van der Waals surface area (Å²) in [5.41, 5.74) is 11.5. The first kappa shape index (κ1) is 27.6. The third-order valence-corrected chi connectivity index (χ3v) is 14.0. The largest absolute Gasteiger partial charge is 0.376 e. The predicted molar refractivity (Wildman–Crippen MR) is 147 cm³/mol. The first-order valence-electron chi connectivity index (χ1n) is 13.5. The van der Waals surface area contributed by atoms with E-state index >= 15 is 0 Å². The fraction of sp³-hybridized carbons (Fsp3) is 0.655. The Hall–Kier alpha value is -1.94. The lowest BCUT2D eigenvalue weighted by Gasteiger charge is -2.38. The highest BCUT2D eigenvalue weighted by molar-refractivity contribution is 6.90. The maximum absolute atomic E-state index is 5.80. The van der Waals surface area contributed by atoms with Crippen LogP contribution in [0.1, 0.15) is 78.6 Å². The molecule has 1 aliphatic rings. The van der Waals surface area contributed by atoms with Gasteiger partial charge in [0.05, 0.1) is 31.6 Å². The number of nitrogens with zero attached hydrogens (tertiary/aromatic N) is 3. The highest BCUT2D eigenvalue weighted by atomic mass is 28.3. The molecule has 0 bridgehead atoms. The molecule has 0 spiro atoms. The SMILES string of the molecule is CCc1cc(-c2nnn(CCC3COCCO3)c2CC)ccc1C#C[Si](C(C)C)(C(C)C)C(C)C. The molecule has 0 radical (unpaired) electrons. The normalized spacial score (nSPS) is 16.7. The summed E-state index contributed by atoms with van der Waals surface area (Å²) in [6.45, 7) is 21.4. The highest BCUT2D eigenvalue weighted by Gasteiger charge is 2.41. The van der Waals surface area contributed by atoms with Gasteiger partial charge in [0.1, 0.15) is 13.8 Å². The summed E-state index contributed by atoms with van der Waals surface area (Å²) >= 11 is 0. The zero-order valence-corrected chi connectivity index (χ0v) is 24.1. The summed E-state index contributed by atoms with van der Waals surface area (Å²) in [7, 11) is -1.76. The van der Waals surface area contributed by atoms with Crippen molar-refractivity contribution in [2.45, 2.75) is 104 Å². The maximum Gasteiger partial charge on any atom is 0.146 e. The average Bonchev–Trinajstić information content (AvgIpc) is 3.26. The number of ether oxygens (including phenoxy) is 2. The molecule has 1 unspecified atom stereocenters. The van der Waals surface area contributed by atoms with E-state index in [0.29, 0.717) is 36.4 Å². The third-order valence-electron chi connectivity index (χ3n) is 7.76. The molecule has 2 heterocycles. The topological polar surface area (TPSA) is 49.2 Å². The second kappa shape index (κ2) is 12.3. The number of rotatable bonds is 9. The number of aromatic nitrogens is 3. The van der Waals surface area contributed by atoms with E-state index in [1.807, 2.05) is 4.68 Å². The first-order valence-corrected chi connectivity index (χ1v) is 15.8. The molecular weight excluding hydrogens is 450 g/mol. The van der Waals surface area contributed by atoms with Crippen LogP contribution in [0.5, 0.6) is 0 Å². The van der Waals surface area contributed by atoms with Crippen LogP contribution in [-0.4, -0.2) is 49.0 Å². The van der Waals surface area contributed by atoms with Crippen molar-refractivity contribution in [2.75, 3.05) is 19.8 Å². The van der Waals surface area contributed by atoms with Crippen LogP contribution >= 0.6 is 0 Å². The summed E-state index contributed by atoms with van der Waals surface area (Å²) in [5.74, 6) is 3.66. The molecule has 192 valence electrons. The zero-order valence-electron chi connectivity index (χ0n) is 23.1. The molecule has 3 rings (SSSR count). The molecule has 1 aromatic carbocycles. The number of hydrogen-bond donors (Lipinski definition) is 0. The molecule has 6 heteroatoms. The second-order valence-electron chi connectivity index (χ2n) is 10.7. The van der Waals surface area contributed by atoms with Gasteiger partial charge in [-0.3, -0.25) is 0 Å². The molecule has 0 aliphatic carbocycles. The van der Waals surface area contributed by atoms with Gasteiger partial charge in [-0.25, -0.2) is 4.68 Å². The monoisotopic (exact) mass is 495 g/mol. The smallest absolute Gasteiger partial charge is 0.146 e. The van der Waals surface area contributed by atoms with Crippen LogP contribution in [-0.2, 0) is 28.9 Å². The third kappa shape index (κ3) is 6.07. The van der Waals surface area contributed by atoms with Crippen LogP contribution in [0.2, 0.25) is 16.6 Å². The lowest BCUT2D eigenvalue weighted by Crippen LogP contribution is -2.43. The van der Waals surface area contributed by atoms with Gasteiger partial charge >= 0.3 is 0 Å². The minimum absolute atomic E-state index is 0.142. The maximum atomic E-state index is 5.80.